The lowest BCUT2D eigenvalue weighted by molar-refractivity contribution is -0.148. The summed E-state index contributed by atoms with van der Waals surface area (Å²) in [7, 11) is 9.77. The number of amides is 11. The van der Waals surface area contributed by atoms with Crippen LogP contribution in [0.4, 0.5) is 4.79 Å². The molecule has 100 heavy (non-hydrogen) atoms. The van der Waals surface area contributed by atoms with E-state index in [2.05, 4.69) is 47.9 Å². The van der Waals surface area contributed by atoms with Gasteiger partial charge in [-0.15, -0.1) is 0 Å². The third-order valence-corrected chi connectivity index (χ3v) is 17.0. The van der Waals surface area contributed by atoms with Crippen LogP contribution in [0, 0.1) is 28.6 Å². The number of benzene rings is 1. The molecule has 0 aliphatic carbocycles. The number of rotatable bonds is 45. The number of ether oxygens (including phenoxy) is 6. The summed E-state index contributed by atoms with van der Waals surface area (Å²) >= 11 is 0. The molecule has 568 valence electrons. The average Bonchev–Trinajstić information content (AvgIpc) is 1.41. The van der Waals surface area contributed by atoms with Gasteiger partial charge in [0.25, 0.3) is 0 Å². The van der Waals surface area contributed by atoms with Gasteiger partial charge in [-0.05, 0) is 68.5 Å². The molecule has 0 radical (unpaired) electrons. The number of carbonyl (C=O) groups excluding carboxylic acids is 12. The van der Waals surface area contributed by atoms with E-state index in [9.17, 15) is 57.5 Å². The van der Waals surface area contributed by atoms with Crippen LogP contribution in [0.2, 0.25) is 0 Å². The van der Waals surface area contributed by atoms with Crippen molar-refractivity contribution < 1.29 is 86.0 Å². The molecule has 0 saturated carbocycles. The lowest BCUT2D eigenvalue weighted by Crippen LogP contribution is -2.60. The Labute approximate surface area is 592 Å². The molecule has 1 aromatic rings. The van der Waals surface area contributed by atoms with Crippen LogP contribution in [0.25, 0.3) is 0 Å². The van der Waals surface area contributed by atoms with E-state index in [1.807, 2.05) is 119 Å². The van der Waals surface area contributed by atoms with Gasteiger partial charge in [0, 0.05) is 86.8 Å². The van der Waals surface area contributed by atoms with Crippen molar-refractivity contribution in [1.82, 2.24) is 62.6 Å². The molecule has 1 aliphatic heterocycles. The van der Waals surface area contributed by atoms with Gasteiger partial charge in [-0.1, -0.05) is 113 Å². The smallest absolute Gasteiger partial charge is 0.407 e. The third kappa shape index (κ3) is 32.4. The highest BCUT2D eigenvalue weighted by molar-refractivity contribution is 5.92. The van der Waals surface area contributed by atoms with Gasteiger partial charge >= 0.3 is 12.1 Å². The SMILES string of the molecule is CC[C@H](C)[C@@H]([C@@H](CC(=O)N1CCC[C@H]1[C@H](OC)[C@@H](C)C(=O)N[C@@H](Cc1ccccc1)C(=O)NCCCOC(=O)C(C)NC(=O)CCNC(=O)OCC(NC(=O)CNC(=O)CCNC(=O)CCOCC(C)(C)C)C(=O)NCCOC)OC)N(C)C(=O)[C@@H](NC(=O)[C@@H](N(C)C)C(C)(C)C)C(C)C. The van der Waals surface area contributed by atoms with E-state index >= 15 is 0 Å². The van der Waals surface area contributed by atoms with E-state index in [0.29, 0.717) is 32.4 Å². The number of likely N-dealkylation sites (tertiary alicyclic amines) is 1. The highest BCUT2D eigenvalue weighted by atomic mass is 16.6. The Hall–Kier alpha value is -7.54. The van der Waals surface area contributed by atoms with Crippen LogP contribution in [-0.2, 0) is 87.6 Å². The van der Waals surface area contributed by atoms with Crippen molar-refractivity contribution in [3.8, 4) is 0 Å². The van der Waals surface area contributed by atoms with Crippen molar-refractivity contribution in [3.63, 3.8) is 0 Å². The third-order valence-electron chi connectivity index (χ3n) is 17.0. The number of alkyl carbamates (subject to hydrolysis) is 1. The van der Waals surface area contributed by atoms with Crippen molar-refractivity contribution >= 4 is 71.1 Å². The lowest BCUT2D eigenvalue weighted by atomic mass is 9.85. The Morgan fingerprint density at radius 1 is 0.640 bits per heavy atom. The number of nitrogens with one attached hydrogen (secondary N) is 9. The van der Waals surface area contributed by atoms with Crippen LogP contribution >= 0.6 is 0 Å². The molecule has 11 atom stereocenters. The fourth-order valence-corrected chi connectivity index (χ4v) is 11.6. The second-order valence-electron chi connectivity index (χ2n) is 28.3. The molecular weight excluding hydrogens is 1300 g/mol. The Morgan fingerprint density at radius 3 is 1.87 bits per heavy atom. The second-order valence-corrected chi connectivity index (χ2v) is 28.3. The molecule has 0 spiro atoms. The van der Waals surface area contributed by atoms with E-state index in [0.717, 1.165) is 5.56 Å². The average molecular weight is 1420 g/mol. The Morgan fingerprint density at radius 2 is 1.27 bits per heavy atom. The molecular formula is C70H120N12O18. The maximum atomic E-state index is 14.6. The summed E-state index contributed by atoms with van der Waals surface area (Å²) in [5.41, 5.74) is 0.303. The number of esters is 1. The van der Waals surface area contributed by atoms with Gasteiger partial charge in [-0.25, -0.2) is 9.59 Å². The van der Waals surface area contributed by atoms with Crippen LogP contribution in [0.3, 0.4) is 0 Å². The molecule has 2 unspecified atom stereocenters. The normalized spacial score (nSPS) is 16.2. The van der Waals surface area contributed by atoms with Gasteiger partial charge in [0.1, 0.15) is 30.8 Å². The zero-order valence-electron chi connectivity index (χ0n) is 62.6. The summed E-state index contributed by atoms with van der Waals surface area (Å²) in [6.45, 7) is 22.6. The Kier molecular flexibility index (Phi) is 40.2. The number of likely N-dealkylation sites (N-methyl/N-ethyl adjacent to an activating group) is 2. The topological polar surface area (TPSA) is 378 Å². The molecule has 1 fully saturated rings. The molecule has 1 aromatic carbocycles. The molecule has 0 bridgehead atoms. The minimum atomic E-state index is -1.39. The summed E-state index contributed by atoms with van der Waals surface area (Å²) in [6.07, 6.45) is -0.806. The Balaban J connectivity index is 1.98. The summed E-state index contributed by atoms with van der Waals surface area (Å²) in [5.74, 6) is -6.77. The molecule has 30 heteroatoms. The molecule has 1 saturated heterocycles. The van der Waals surface area contributed by atoms with Crippen molar-refractivity contribution in [3.05, 3.63) is 35.9 Å². The predicted octanol–water partition coefficient (Wildman–Crippen LogP) is 1.74. The van der Waals surface area contributed by atoms with Crippen molar-refractivity contribution in [2.45, 2.75) is 195 Å². The number of hydrogen-bond donors (Lipinski definition) is 9. The van der Waals surface area contributed by atoms with Crippen molar-refractivity contribution in [2.75, 3.05) is 115 Å². The first-order valence-electron chi connectivity index (χ1n) is 34.8. The molecule has 30 nitrogen and oxygen atoms in total. The van der Waals surface area contributed by atoms with Crippen LogP contribution in [0.15, 0.2) is 30.3 Å². The fourth-order valence-electron chi connectivity index (χ4n) is 11.6. The molecule has 11 amide bonds. The van der Waals surface area contributed by atoms with Gasteiger partial charge < -0.3 is 86.1 Å². The van der Waals surface area contributed by atoms with Gasteiger partial charge in [-0.3, -0.25) is 52.8 Å². The lowest BCUT2D eigenvalue weighted by Gasteiger charge is -2.41. The first-order chi connectivity index (χ1) is 47.0. The van der Waals surface area contributed by atoms with Crippen LogP contribution in [-0.4, -0.2) is 255 Å². The fraction of sp³-hybridized carbons (Fsp3) is 0.743. The quantitative estimate of drug-likeness (QED) is 0.0332. The second kappa shape index (κ2) is 45.4. The standard InChI is InChI=1S/C70H120N12O18/c1-19-45(4)59(81(15)66(92)58(44(2)3)79-65(91)61(80(13)14)70(10,11)12)52(96-17)40-57(87)82-35-23-27-51(82)60(97-18)46(5)62(88)78-49(39-48-25-21-20-22-26-48)63(89)72-31-24-36-99-67(93)47(6)76-55(85)29-33-74-68(94)100-42-50(64(90)73-34-38-95-16)77-56(86)41-75-53(83)28-32-71-54(84)30-37-98-43-69(7,8)9/h20-22,25-26,44-47,49-52,58-61H,19,23-24,27-43H2,1-18H3,(H,71,84)(H,72,89)(H,73,90)(H,74,94)(H,75,83)(H,76,85)(H,77,86)(H,78,88)(H,79,91)/t45-,46+,47?,49-,50?,51-,52+,58-,59-,60+,61+/m0/s1. The molecule has 1 heterocycles. The van der Waals surface area contributed by atoms with E-state index in [-0.39, 0.29) is 125 Å². The minimum Gasteiger partial charge on any atom is -0.464 e. The molecule has 0 aromatic heterocycles. The van der Waals surface area contributed by atoms with Gasteiger partial charge in [0.05, 0.1) is 75.6 Å². The summed E-state index contributed by atoms with van der Waals surface area (Å²) < 4.78 is 33.1. The maximum absolute atomic E-state index is 14.6. The van der Waals surface area contributed by atoms with Gasteiger partial charge in [0.2, 0.25) is 59.1 Å². The van der Waals surface area contributed by atoms with Crippen LogP contribution in [0.1, 0.15) is 140 Å². The van der Waals surface area contributed by atoms with Crippen LogP contribution < -0.4 is 47.9 Å². The summed E-state index contributed by atoms with van der Waals surface area (Å²) in [6, 6.07) is 3.13. The van der Waals surface area contributed by atoms with E-state index in [1.54, 1.807) is 23.8 Å². The highest BCUT2D eigenvalue weighted by Gasteiger charge is 2.44. The summed E-state index contributed by atoms with van der Waals surface area (Å²) in [5, 5.41) is 23.6. The van der Waals surface area contributed by atoms with E-state index in [1.165, 1.54) is 28.3 Å². The van der Waals surface area contributed by atoms with E-state index < -0.39 is 126 Å². The largest absolute Gasteiger partial charge is 0.464 e. The number of carbonyl (C=O) groups is 12. The summed E-state index contributed by atoms with van der Waals surface area (Å²) in [4.78, 5) is 165. The molecule has 9 N–H and O–H groups in total. The first-order valence-corrected chi connectivity index (χ1v) is 34.8. The molecule has 2 rings (SSSR count). The van der Waals surface area contributed by atoms with Gasteiger partial charge in [0.15, 0.2) is 0 Å². The first kappa shape index (κ1) is 88.5. The predicted molar refractivity (Wildman–Crippen MR) is 374 cm³/mol. The monoisotopic (exact) mass is 1420 g/mol. The zero-order valence-corrected chi connectivity index (χ0v) is 62.6. The van der Waals surface area contributed by atoms with Gasteiger partial charge in [-0.2, -0.15) is 0 Å². The number of methoxy groups -OCH3 is 3. The van der Waals surface area contributed by atoms with Crippen molar-refractivity contribution in [1.29, 1.82) is 0 Å². The number of nitrogens with zero attached hydrogens (tertiary/aromatic N) is 3. The minimum absolute atomic E-state index is 0.0178. The zero-order chi connectivity index (χ0) is 75.5. The molecule has 1 aliphatic rings. The van der Waals surface area contributed by atoms with Crippen molar-refractivity contribution in [2.24, 2.45) is 28.6 Å². The number of hydrogen-bond acceptors (Lipinski definition) is 19. The van der Waals surface area contributed by atoms with E-state index in [4.69, 9.17) is 28.4 Å². The Bertz CT molecular complexity index is 2760. The van der Waals surface area contributed by atoms with Crippen LogP contribution in [0.5, 0.6) is 0 Å². The highest BCUT2D eigenvalue weighted by Crippen LogP contribution is 2.30. The maximum Gasteiger partial charge on any atom is 0.407 e.